The quantitative estimate of drug-likeness (QED) is 0.621. The molecule has 1 heterocycles. The second kappa shape index (κ2) is 8.43. The van der Waals surface area contributed by atoms with E-state index in [0.717, 1.165) is 43.4 Å². The fourth-order valence-corrected chi connectivity index (χ4v) is 3.40. The van der Waals surface area contributed by atoms with Crippen LogP contribution in [0, 0.1) is 0 Å². The summed E-state index contributed by atoms with van der Waals surface area (Å²) in [5.74, 6) is 0.704. The van der Waals surface area contributed by atoms with Crippen molar-refractivity contribution in [3.63, 3.8) is 0 Å². The molecule has 26 heavy (non-hydrogen) atoms. The molecule has 0 bridgehead atoms. The summed E-state index contributed by atoms with van der Waals surface area (Å²) in [6, 6.07) is 13.1. The summed E-state index contributed by atoms with van der Waals surface area (Å²) < 4.78 is 5.13. The van der Waals surface area contributed by atoms with Crippen molar-refractivity contribution in [1.29, 1.82) is 0 Å². The van der Waals surface area contributed by atoms with Gasteiger partial charge >= 0.3 is 0 Å². The number of nitrogen functional groups attached to an aromatic ring is 1. The molecule has 0 atom stereocenters. The molecule has 5 nitrogen and oxygen atoms in total. The molecule has 0 saturated carbocycles. The predicted molar refractivity (Wildman–Crippen MR) is 106 cm³/mol. The van der Waals surface area contributed by atoms with Crippen LogP contribution in [-0.2, 0) is 0 Å². The number of hydrogen-bond donors (Lipinski definition) is 1. The van der Waals surface area contributed by atoms with Gasteiger partial charge in [-0.25, -0.2) is 0 Å². The van der Waals surface area contributed by atoms with Crippen LogP contribution >= 0.6 is 11.6 Å². The Labute approximate surface area is 159 Å². The van der Waals surface area contributed by atoms with E-state index in [9.17, 15) is 4.79 Å². The van der Waals surface area contributed by atoms with Crippen LogP contribution in [0.1, 0.15) is 16.8 Å². The summed E-state index contributed by atoms with van der Waals surface area (Å²) in [4.78, 5) is 17.1. The van der Waals surface area contributed by atoms with Gasteiger partial charge in [0.25, 0.3) is 0 Å². The summed E-state index contributed by atoms with van der Waals surface area (Å²) in [7, 11) is 1.57. The van der Waals surface area contributed by atoms with E-state index in [-0.39, 0.29) is 5.78 Å². The van der Waals surface area contributed by atoms with Gasteiger partial charge in [-0.1, -0.05) is 17.7 Å². The van der Waals surface area contributed by atoms with Crippen molar-refractivity contribution in [3.8, 4) is 5.75 Å². The first-order valence-electron chi connectivity index (χ1n) is 8.76. The number of rotatable bonds is 6. The molecule has 1 fully saturated rings. The molecule has 1 aliphatic rings. The summed E-state index contributed by atoms with van der Waals surface area (Å²) in [6.07, 6.45) is 0.489. The van der Waals surface area contributed by atoms with E-state index in [0.29, 0.717) is 23.4 Å². The first-order valence-corrected chi connectivity index (χ1v) is 9.14. The zero-order valence-corrected chi connectivity index (χ0v) is 15.7. The SMILES string of the molecule is COc1ccc(C(=O)CCN2CCN(c3cccc(Cl)c3)CC2)cc1N. The van der Waals surface area contributed by atoms with Crippen LogP contribution in [0.25, 0.3) is 0 Å². The van der Waals surface area contributed by atoms with Gasteiger partial charge in [0.2, 0.25) is 0 Å². The Kier molecular flexibility index (Phi) is 6.01. The summed E-state index contributed by atoms with van der Waals surface area (Å²) in [5.41, 5.74) is 8.18. The number of anilines is 2. The molecule has 0 amide bonds. The lowest BCUT2D eigenvalue weighted by molar-refractivity contribution is 0.0962. The number of methoxy groups -OCH3 is 1. The largest absolute Gasteiger partial charge is 0.495 e. The lowest BCUT2D eigenvalue weighted by Crippen LogP contribution is -2.46. The zero-order valence-electron chi connectivity index (χ0n) is 15.0. The Morgan fingerprint density at radius 2 is 1.92 bits per heavy atom. The molecule has 1 aliphatic heterocycles. The number of hydrogen-bond acceptors (Lipinski definition) is 5. The number of benzene rings is 2. The van der Waals surface area contributed by atoms with E-state index in [2.05, 4.69) is 15.9 Å². The fraction of sp³-hybridized carbons (Fsp3) is 0.350. The smallest absolute Gasteiger partial charge is 0.164 e. The van der Waals surface area contributed by atoms with Gasteiger partial charge in [0, 0.05) is 55.4 Å². The molecule has 2 aromatic carbocycles. The normalized spacial score (nSPS) is 15.1. The Morgan fingerprint density at radius 1 is 1.15 bits per heavy atom. The lowest BCUT2D eigenvalue weighted by Gasteiger charge is -2.36. The maximum absolute atomic E-state index is 12.4. The Hall–Kier alpha value is -2.24. The maximum atomic E-state index is 12.4. The maximum Gasteiger partial charge on any atom is 0.164 e. The number of Topliss-reactive ketones (excluding diaryl/α,β-unsaturated/α-hetero) is 1. The summed E-state index contributed by atoms with van der Waals surface area (Å²) in [6.45, 7) is 4.50. The minimum Gasteiger partial charge on any atom is -0.495 e. The van der Waals surface area contributed by atoms with Gasteiger partial charge in [0.1, 0.15) is 5.75 Å². The standard InChI is InChI=1S/C20H24ClN3O2/c1-26-20-6-5-15(13-18(20)22)19(25)7-8-23-9-11-24(12-10-23)17-4-2-3-16(21)14-17/h2-6,13-14H,7-12,22H2,1H3. The third-order valence-electron chi connectivity index (χ3n) is 4.75. The number of carbonyl (C=O) groups is 1. The molecule has 3 rings (SSSR count). The van der Waals surface area contributed by atoms with Crippen molar-refractivity contribution in [2.75, 3.05) is 50.5 Å². The van der Waals surface area contributed by atoms with Crippen molar-refractivity contribution in [1.82, 2.24) is 4.90 Å². The average molecular weight is 374 g/mol. The van der Waals surface area contributed by atoms with E-state index in [1.807, 2.05) is 18.2 Å². The zero-order chi connectivity index (χ0) is 18.5. The summed E-state index contributed by atoms with van der Waals surface area (Å²) >= 11 is 6.07. The molecule has 0 aromatic heterocycles. The number of nitrogens with two attached hydrogens (primary N) is 1. The van der Waals surface area contributed by atoms with E-state index < -0.39 is 0 Å². The fourth-order valence-electron chi connectivity index (χ4n) is 3.21. The van der Waals surface area contributed by atoms with Crippen LogP contribution in [-0.4, -0.2) is 50.5 Å². The van der Waals surface area contributed by atoms with E-state index >= 15 is 0 Å². The minimum absolute atomic E-state index is 0.108. The molecule has 0 spiro atoms. The number of nitrogens with zero attached hydrogens (tertiary/aromatic N) is 2. The number of ether oxygens (including phenoxy) is 1. The van der Waals surface area contributed by atoms with Crippen molar-refractivity contribution in [2.45, 2.75) is 6.42 Å². The molecule has 2 aromatic rings. The van der Waals surface area contributed by atoms with E-state index in [4.69, 9.17) is 22.1 Å². The number of halogens is 1. The molecule has 6 heteroatoms. The third kappa shape index (κ3) is 4.48. The van der Waals surface area contributed by atoms with Crippen molar-refractivity contribution in [2.24, 2.45) is 0 Å². The second-order valence-electron chi connectivity index (χ2n) is 6.44. The lowest BCUT2D eigenvalue weighted by atomic mass is 10.1. The Morgan fingerprint density at radius 3 is 2.58 bits per heavy atom. The van der Waals surface area contributed by atoms with Crippen molar-refractivity contribution < 1.29 is 9.53 Å². The van der Waals surface area contributed by atoms with Gasteiger partial charge in [0.15, 0.2) is 5.78 Å². The number of piperazine rings is 1. The predicted octanol–water partition coefficient (Wildman–Crippen LogP) is 3.33. The van der Waals surface area contributed by atoms with Gasteiger partial charge < -0.3 is 15.4 Å². The summed E-state index contributed by atoms with van der Waals surface area (Å²) in [5, 5.41) is 0.759. The highest BCUT2D eigenvalue weighted by atomic mass is 35.5. The first-order chi connectivity index (χ1) is 12.6. The number of ketones is 1. The van der Waals surface area contributed by atoms with Crippen LogP contribution in [0.5, 0.6) is 5.75 Å². The topological polar surface area (TPSA) is 58.8 Å². The van der Waals surface area contributed by atoms with Crippen LogP contribution in [0.4, 0.5) is 11.4 Å². The van der Waals surface area contributed by atoms with E-state index in [1.165, 1.54) is 0 Å². The van der Waals surface area contributed by atoms with Gasteiger partial charge in [-0.15, -0.1) is 0 Å². The van der Waals surface area contributed by atoms with Gasteiger partial charge in [-0.3, -0.25) is 9.69 Å². The van der Waals surface area contributed by atoms with Gasteiger partial charge in [-0.05, 0) is 36.4 Å². The van der Waals surface area contributed by atoms with Crippen LogP contribution < -0.4 is 15.4 Å². The van der Waals surface area contributed by atoms with Crippen molar-refractivity contribution >= 4 is 28.8 Å². The van der Waals surface area contributed by atoms with Crippen molar-refractivity contribution in [3.05, 3.63) is 53.1 Å². The van der Waals surface area contributed by atoms with Crippen LogP contribution in [0.3, 0.4) is 0 Å². The Bertz CT molecular complexity index is 773. The number of carbonyl (C=O) groups excluding carboxylic acids is 1. The minimum atomic E-state index is 0.108. The van der Waals surface area contributed by atoms with Gasteiger partial charge in [-0.2, -0.15) is 0 Å². The molecule has 2 N–H and O–H groups in total. The highest BCUT2D eigenvalue weighted by molar-refractivity contribution is 6.30. The molecular formula is C20H24ClN3O2. The highest BCUT2D eigenvalue weighted by Gasteiger charge is 2.18. The molecule has 138 valence electrons. The average Bonchev–Trinajstić information content (AvgIpc) is 2.66. The third-order valence-corrected chi connectivity index (χ3v) is 4.99. The molecule has 0 radical (unpaired) electrons. The Balaban J connectivity index is 1.49. The highest BCUT2D eigenvalue weighted by Crippen LogP contribution is 2.23. The first kappa shape index (κ1) is 18.5. The van der Waals surface area contributed by atoms with E-state index in [1.54, 1.807) is 25.3 Å². The van der Waals surface area contributed by atoms with Crippen LogP contribution in [0.2, 0.25) is 5.02 Å². The van der Waals surface area contributed by atoms with Crippen LogP contribution in [0.15, 0.2) is 42.5 Å². The second-order valence-corrected chi connectivity index (χ2v) is 6.87. The molecular weight excluding hydrogens is 350 g/mol. The molecule has 0 unspecified atom stereocenters. The monoisotopic (exact) mass is 373 g/mol. The molecule has 0 aliphatic carbocycles. The van der Waals surface area contributed by atoms with Gasteiger partial charge in [0.05, 0.1) is 12.8 Å². The molecule has 1 saturated heterocycles.